The quantitative estimate of drug-likeness (QED) is 0.574. The Labute approximate surface area is 158 Å². The fourth-order valence-corrected chi connectivity index (χ4v) is 3.88. The minimum absolute atomic E-state index is 0.0708. The van der Waals surface area contributed by atoms with Crippen LogP contribution in [0.1, 0.15) is 26.2 Å². The maximum Gasteiger partial charge on any atom is 0.324 e. The molecule has 1 aromatic rings. The standard InChI is InChI=1S/C17H24N2O5S2/c1-12(16(20)18-13-8-9-13)24-17(21)15(10-11-25-2)19-26(22,23)14-6-4-3-5-7-14/h3-7,12-13,15,19H,8-11H2,1-2H3,(H,18,20)/t12-,15+/m1/s1. The van der Waals surface area contributed by atoms with Gasteiger partial charge < -0.3 is 10.1 Å². The third-order valence-electron chi connectivity index (χ3n) is 3.83. The number of benzene rings is 1. The first-order valence-electron chi connectivity index (χ1n) is 8.40. The van der Waals surface area contributed by atoms with E-state index in [9.17, 15) is 18.0 Å². The number of hydrogen-bond acceptors (Lipinski definition) is 6. The second kappa shape index (κ2) is 9.38. The van der Waals surface area contributed by atoms with Crippen molar-refractivity contribution in [1.29, 1.82) is 0 Å². The van der Waals surface area contributed by atoms with Gasteiger partial charge in [-0.25, -0.2) is 8.42 Å². The highest BCUT2D eigenvalue weighted by atomic mass is 32.2. The first-order chi connectivity index (χ1) is 12.3. The number of nitrogens with one attached hydrogen (secondary N) is 2. The molecule has 0 spiro atoms. The molecule has 1 amide bonds. The van der Waals surface area contributed by atoms with Crippen molar-refractivity contribution in [3.8, 4) is 0 Å². The van der Waals surface area contributed by atoms with Gasteiger partial charge in [0.05, 0.1) is 4.90 Å². The first-order valence-corrected chi connectivity index (χ1v) is 11.3. The van der Waals surface area contributed by atoms with E-state index in [1.54, 1.807) is 18.2 Å². The lowest BCUT2D eigenvalue weighted by atomic mass is 10.2. The van der Waals surface area contributed by atoms with Gasteiger partial charge in [-0.1, -0.05) is 18.2 Å². The molecule has 0 aliphatic heterocycles. The molecule has 1 aromatic carbocycles. The van der Waals surface area contributed by atoms with Crippen LogP contribution in [-0.2, 0) is 24.3 Å². The molecule has 0 bridgehead atoms. The third kappa shape index (κ3) is 6.30. The minimum atomic E-state index is -3.86. The summed E-state index contributed by atoms with van der Waals surface area (Å²) in [7, 11) is -3.86. The lowest BCUT2D eigenvalue weighted by molar-refractivity contribution is -0.156. The Balaban J connectivity index is 2.02. The molecule has 2 rings (SSSR count). The van der Waals surface area contributed by atoms with Crippen LogP contribution in [0.4, 0.5) is 0 Å². The van der Waals surface area contributed by atoms with E-state index in [0.717, 1.165) is 12.8 Å². The SMILES string of the molecule is CSCC[C@H](NS(=O)(=O)c1ccccc1)C(=O)O[C@H](C)C(=O)NC1CC1. The second-order valence-corrected chi connectivity index (χ2v) is 8.83. The number of ether oxygens (including phenoxy) is 1. The average molecular weight is 401 g/mol. The smallest absolute Gasteiger partial charge is 0.324 e. The molecule has 0 unspecified atom stereocenters. The number of amides is 1. The second-order valence-electron chi connectivity index (χ2n) is 6.13. The normalized spacial score (nSPS) is 16.5. The molecule has 0 heterocycles. The summed E-state index contributed by atoms with van der Waals surface area (Å²) in [5.41, 5.74) is 0. The molecule has 144 valence electrons. The molecular weight excluding hydrogens is 376 g/mol. The van der Waals surface area contributed by atoms with Gasteiger partial charge in [-0.15, -0.1) is 0 Å². The Morgan fingerprint density at radius 2 is 1.92 bits per heavy atom. The lowest BCUT2D eigenvalue weighted by Crippen LogP contribution is -2.45. The molecule has 0 saturated heterocycles. The highest BCUT2D eigenvalue weighted by Crippen LogP contribution is 2.19. The molecule has 1 aliphatic carbocycles. The zero-order valence-electron chi connectivity index (χ0n) is 14.8. The predicted octanol–water partition coefficient (Wildman–Crippen LogP) is 1.30. The molecule has 0 radical (unpaired) electrons. The Bertz CT molecular complexity index is 720. The molecule has 1 aliphatic rings. The maximum atomic E-state index is 12.5. The maximum absolute atomic E-state index is 12.5. The molecule has 1 fully saturated rings. The van der Waals surface area contributed by atoms with Gasteiger partial charge >= 0.3 is 5.97 Å². The summed E-state index contributed by atoms with van der Waals surface area (Å²) in [5.74, 6) is -0.549. The Hall–Kier alpha value is -1.58. The number of carbonyl (C=O) groups excluding carboxylic acids is 2. The number of carbonyl (C=O) groups is 2. The highest BCUT2D eigenvalue weighted by Gasteiger charge is 2.31. The Kier molecular flexibility index (Phi) is 7.48. The van der Waals surface area contributed by atoms with Crippen LogP contribution in [0.15, 0.2) is 35.2 Å². The zero-order valence-corrected chi connectivity index (χ0v) is 16.4. The molecule has 9 heteroatoms. The van der Waals surface area contributed by atoms with E-state index in [1.165, 1.54) is 30.8 Å². The van der Waals surface area contributed by atoms with Crippen molar-refractivity contribution in [2.75, 3.05) is 12.0 Å². The summed E-state index contributed by atoms with van der Waals surface area (Å²) in [5, 5.41) is 2.76. The number of thioether (sulfide) groups is 1. The van der Waals surface area contributed by atoms with E-state index in [-0.39, 0.29) is 23.3 Å². The van der Waals surface area contributed by atoms with Crippen LogP contribution in [0.3, 0.4) is 0 Å². The summed E-state index contributed by atoms with van der Waals surface area (Å²) in [6.45, 7) is 1.48. The van der Waals surface area contributed by atoms with E-state index in [1.807, 2.05) is 6.26 Å². The first kappa shape index (κ1) is 20.7. The number of esters is 1. The highest BCUT2D eigenvalue weighted by molar-refractivity contribution is 7.98. The van der Waals surface area contributed by atoms with E-state index < -0.39 is 28.1 Å². The number of sulfonamides is 1. The van der Waals surface area contributed by atoms with Gasteiger partial charge in [0.25, 0.3) is 5.91 Å². The van der Waals surface area contributed by atoms with Crippen LogP contribution >= 0.6 is 11.8 Å². The molecule has 26 heavy (non-hydrogen) atoms. The van der Waals surface area contributed by atoms with Crippen LogP contribution < -0.4 is 10.0 Å². The molecular formula is C17H24N2O5S2. The van der Waals surface area contributed by atoms with Crippen molar-refractivity contribution in [1.82, 2.24) is 10.0 Å². The predicted molar refractivity (Wildman–Crippen MR) is 100 cm³/mol. The summed E-state index contributed by atoms with van der Waals surface area (Å²) < 4.78 is 32.5. The van der Waals surface area contributed by atoms with E-state index in [4.69, 9.17) is 4.74 Å². The third-order valence-corrected chi connectivity index (χ3v) is 5.96. The van der Waals surface area contributed by atoms with Crippen molar-refractivity contribution in [2.45, 2.75) is 49.3 Å². The zero-order chi connectivity index (χ0) is 19.2. The van der Waals surface area contributed by atoms with Crippen molar-refractivity contribution >= 4 is 33.7 Å². The molecule has 1 saturated carbocycles. The average Bonchev–Trinajstić information content (AvgIpc) is 3.43. The summed E-state index contributed by atoms with van der Waals surface area (Å²) in [4.78, 5) is 24.4. The van der Waals surface area contributed by atoms with Gasteiger partial charge in [-0.05, 0) is 50.3 Å². The topological polar surface area (TPSA) is 102 Å². The Morgan fingerprint density at radius 1 is 1.27 bits per heavy atom. The van der Waals surface area contributed by atoms with Crippen LogP contribution in [0.5, 0.6) is 0 Å². The fourth-order valence-electron chi connectivity index (χ4n) is 2.17. The van der Waals surface area contributed by atoms with Crippen LogP contribution in [0.25, 0.3) is 0 Å². The fraction of sp³-hybridized carbons (Fsp3) is 0.529. The molecule has 2 N–H and O–H groups in total. The summed E-state index contributed by atoms with van der Waals surface area (Å²) >= 11 is 1.49. The molecule has 0 aromatic heterocycles. The minimum Gasteiger partial charge on any atom is -0.451 e. The van der Waals surface area contributed by atoms with E-state index in [2.05, 4.69) is 10.0 Å². The van der Waals surface area contributed by atoms with Crippen molar-refractivity contribution in [3.05, 3.63) is 30.3 Å². The Morgan fingerprint density at radius 3 is 2.50 bits per heavy atom. The molecule has 2 atom stereocenters. The molecule has 7 nitrogen and oxygen atoms in total. The largest absolute Gasteiger partial charge is 0.451 e. The van der Waals surface area contributed by atoms with Gasteiger partial charge in [0, 0.05) is 6.04 Å². The van der Waals surface area contributed by atoms with Gasteiger partial charge in [0.1, 0.15) is 6.04 Å². The number of hydrogen-bond donors (Lipinski definition) is 2. The van der Waals surface area contributed by atoms with Gasteiger partial charge in [-0.2, -0.15) is 16.5 Å². The van der Waals surface area contributed by atoms with Crippen LogP contribution in [-0.4, -0.2) is 50.5 Å². The van der Waals surface area contributed by atoms with E-state index in [0.29, 0.717) is 5.75 Å². The number of rotatable bonds is 10. The van der Waals surface area contributed by atoms with Crippen molar-refractivity contribution in [2.24, 2.45) is 0 Å². The van der Waals surface area contributed by atoms with Crippen molar-refractivity contribution < 1.29 is 22.7 Å². The summed E-state index contributed by atoms with van der Waals surface area (Å²) in [6, 6.07) is 6.92. The van der Waals surface area contributed by atoms with Crippen LogP contribution in [0, 0.1) is 0 Å². The van der Waals surface area contributed by atoms with Gasteiger partial charge in [-0.3, -0.25) is 9.59 Å². The van der Waals surface area contributed by atoms with E-state index >= 15 is 0 Å². The van der Waals surface area contributed by atoms with Crippen LogP contribution in [0.2, 0.25) is 0 Å². The van der Waals surface area contributed by atoms with Gasteiger partial charge in [0.15, 0.2) is 6.10 Å². The monoisotopic (exact) mass is 400 g/mol. The lowest BCUT2D eigenvalue weighted by Gasteiger charge is -2.20. The summed E-state index contributed by atoms with van der Waals surface area (Å²) in [6.07, 6.45) is 3.02. The van der Waals surface area contributed by atoms with Crippen molar-refractivity contribution in [3.63, 3.8) is 0 Å². The van der Waals surface area contributed by atoms with Gasteiger partial charge in [0.2, 0.25) is 10.0 Å².